The van der Waals surface area contributed by atoms with E-state index in [4.69, 9.17) is 18.9 Å². The number of phenols is 2. The molecule has 2 fully saturated rings. The van der Waals surface area contributed by atoms with Gasteiger partial charge in [0.25, 0.3) is 11.8 Å². The number of amides is 2. The summed E-state index contributed by atoms with van der Waals surface area (Å²) >= 11 is 0. The Morgan fingerprint density at radius 1 is 0.653 bits per heavy atom. The van der Waals surface area contributed by atoms with Gasteiger partial charge in [-0.2, -0.15) is 0 Å². The number of carbonyl (C=O) groups is 2. The molecule has 0 spiro atoms. The number of hydrogen-bond acceptors (Lipinski definition) is 10. The molecule has 6 aliphatic rings. The maximum atomic E-state index is 15.7. The molecule has 0 unspecified atom stereocenters. The van der Waals surface area contributed by atoms with E-state index in [2.05, 4.69) is 72.3 Å². The molecule has 16 rings (SSSR count). The molecule has 16 nitrogen and oxygen atoms in total. The van der Waals surface area contributed by atoms with Crippen molar-refractivity contribution in [3.63, 3.8) is 0 Å². The van der Waals surface area contributed by atoms with Crippen molar-refractivity contribution in [3.05, 3.63) is 107 Å². The zero-order valence-electron chi connectivity index (χ0n) is 40.2. The molecule has 8 atom stereocenters. The second kappa shape index (κ2) is 13.7. The number of nitrogens with one attached hydrogen (secondary N) is 3. The third-order valence-corrected chi connectivity index (χ3v) is 17.7. The van der Waals surface area contributed by atoms with Crippen LogP contribution in [0.3, 0.4) is 0 Å². The fourth-order valence-corrected chi connectivity index (χ4v) is 15.2. The van der Waals surface area contributed by atoms with Crippen LogP contribution in [0.5, 0.6) is 11.5 Å². The number of methoxy groups -OCH3 is 2. The highest BCUT2D eigenvalue weighted by Gasteiger charge is 2.56. The zero-order valence-corrected chi connectivity index (χ0v) is 40.2. The van der Waals surface area contributed by atoms with Crippen LogP contribution in [0.2, 0.25) is 0 Å². The van der Waals surface area contributed by atoms with Crippen LogP contribution >= 0.6 is 0 Å². The van der Waals surface area contributed by atoms with Crippen LogP contribution in [0, 0.1) is 0 Å². The Morgan fingerprint density at radius 2 is 1.22 bits per heavy atom. The Bertz CT molecular complexity index is 4190. The zero-order chi connectivity index (χ0) is 48.6. The van der Waals surface area contributed by atoms with Gasteiger partial charge in [0, 0.05) is 101 Å². The van der Waals surface area contributed by atoms with Crippen LogP contribution in [0.4, 0.5) is 0 Å². The minimum Gasteiger partial charge on any atom is -0.508 e. The second-order valence-electron chi connectivity index (χ2n) is 21.0. The number of fused-ring (bicyclic) bond motifs is 26. The smallest absolute Gasteiger partial charge is 0.256 e. The van der Waals surface area contributed by atoms with Gasteiger partial charge in [0.2, 0.25) is 0 Å². The molecular formula is C56H50N8O8. The summed E-state index contributed by atoms with van der Waals surface area (Å²) in [6, 6.07) is 27.0. The number of ether oxygens (including phenoxy) is 4. The van der Waals surface area contributed by atoms with Gasteiger partial charge in [0.1, 0.15) is 36.2 Å². The number of hydrogen-bond donors (Lipinski definition) is 5. The van der Waals surface area contributed by atoms with Crippen molar-refractivity contribution in [1.29, 1.82) is 0 Å². The van der Waals surface area contributed by atoms with Gasteiger partial charge < -0.3 is 63.0 Å². The second-order valence-corrected chi connectivity index (χ2v) is 21.0. The fraction of sp³-hybridized carbons (Fsp3) is 0.321. The lowest BCUT2D eigenvalue weighted by Gasteiger charge is -2.48. The first kappa shape index (κ1) is 41.4. The maximum Gasteiger partial charge on any atom is 0.256 e. The van der Waals surface area contributed by atoms with Crippen LogP contribution in [-0.4, -0.2) is 97.4 Å². The van der Waals surface area contributed by atoms with Gasteiger partial charge in [0.05, 0.1) is 61.9 Å². The molecule has 2 amide bonds. The van der Waals surface area contributed by atoms with Crippen molar-refractivity contribution in [1.82, 2.24) is 39.1 Å². The number of carbonyl (C=O) groups excluding carboxylic acids is 2. The number of para-hydroxylation sites is 2. The van der Waals surface area contributed by atoms with E-state index in [1.807, 2.05) is 54.4 Å². The fourth-order valence-electron chi connectivity index (χ4n) is 15.2. The summed E-state index contributed by atoms with van der Waals surface area (Å²) in [5.74, 6) is 0.0626. The van der Waals surface area contributed by atoms with Crippen molar-refractivity contribution < 1.29 is 38.7 Å². The molecule has 0 aliphatic carbocycles. The quantitative estimate of drug-likeness (QED) is 0.110. The lowest BCUT2D eigenvalue weighted by atomic mass is 9.93. The number of likely N-dealkylation sites (N-methyl/N-ethyl adjacent to an activating group) is 1. The predicted molar refractivity (Wildman–Crippen MR) is 272 cm³/mol. The minimum atomic E-state index is -1.12. The van der Waals surface area contributed by atoms with E-state index in [0.29, 0.717) is 37.1 Å². The minimum absolute atomic E-state index is 0.0781. The number of aromatic hydroxyl groups is 2. The lowest BCUT2D eigenvalue weighted by Crippen LogP contribution is -2.61. The van der Waals surface area contributed by atoms with Gasteiger partial charge in [-0.1, -0.05) is 36.4 Å². The van der Waals surface area contributed by atoms with Crippen molar-refractivity contribution in [2.45, 2.75) is 88.0 Å². The molecule has 16 heteroatoms. The normalized spacial score (nSPS) is 27.3. The highest BCUT2D eigenvalue weighted by Crippen LogP contribution is 2.57. The van der Waals surface area contributed by atoms with E-state index < -0.39 is 36.1 Å². The SMILES string of the molecule is CN[C@@H]1C[C@H]2O[C@@](C)([C@@H]1OC)n1c3cc(O)ccc3c3c4c(c5c6ccccc6n2c5c31)C(=O)N(CN[C@@H]1C[C@H]2O[C@@](C)([C@@H]1OC)n1c3ccc(O)cc3c3c5c(c6c7ccccc7n2c6c31)C(=O)NC5)C4. The largest absolute Gasteiger partial charge is 0.508 e. The van der Waals surface area contributed by atoms with Crippen LogP contribution in [-0.2, 0) is 43.5 Å². The van der Waals surface area contributed by atoms with Gasteiger partial charge in [-0.3, -0.25) is 14.9 Å². The molecule has 0 radical (unpaired) electrons. The van der Waals surface area contributed by atoms with E-state index in [1.54, 1.807) is 32.4 Å². The molecule has 4 aromatic heterocycles. The number of aromatic nitrogens is 4. The van der Waals surface area contributed by atoms with E-state index in [-0.39, 0.29) is 42.1 Å². The third kappa shape index (κ3) is 4.67. The Morgan fingerprint density at radius 3 is 1.89 bits per heavy atom. The van der Waals surface area contributed by atoms with Crippen LogP contribution < -0.4 is 16.0 Å². The van der Waals surface area contributed by atoms with Gasteiger partial charge >= 0.3 is 0 Å². The molecule has 6 aromatic carbocycles. The maximum absolute atomic E-state index is 15.7. The first-order valence-electron chi connectivity index (χ1n) is 24.9. The summed E-state index contributed by atoms with van der Waals surface area (Å²) in [7, 11) is 5.41. The Labute approximate surface area is 410 Å². The van der Waals surface area contributed by atoms with E-state index in [1.165, 1.54) is 0 Å². The summed E-state index contributed by atoms with van der Waals surface area (Å²) in [5.41, 5.74) is 8.28. The van der Waals surface area contributed by atoms with Crippen molar-refractivity contribution >= 4 is 99.0 Å². The first-order chi connectivity index (χ1) is 35.0. The highest BCUT2D eigenvalue weighted by atomic mass is 16.6. The number of rotatable bonds is 6. The molecule has 10 aromatic rings. The highest BCUT2D eigenvalue weighted by molar-refractivity contribution is 6.32. The molecule has 2 saturated heterocycles. The molecule has 72 heavy (non-hydrogen) atoms. The average Bonchev–Trinajstić information content (AvgIpc) is 4.21. The third-order valence-electron chi connectivity index (χ3n) is 17.7. The molecule has 362 valence electrons. The van der Waals surface area contributed by atoms with Crippen molar-refractivity contribution in [2.24, 2.45) is 0 Å². The molecule has 6 aliphatic heterocycles. The number of phenolic OH excluding ortho intramolecular Hbond substituents is 2. The first-order valence-corrected chi connectivity index (χ1v) is 24.9. The summed E-state index contributed by atoms with van der Waals surface area (Å²) in [5, 5.41) is 40.1. The van der Waals surface area contributed by atoms with Crippen molar-refractivity contribution in [3.8, 4) is 11.5 Å². The standard InChI is InChI=1S/C56H50N8O8/c1-55-51(69-4)33(57-3)20-39(71-55)61-36-13-9-7-11-28(36)44-46-32(41-29-16-14-26(66)19-38(29)64(55)49(41)48(44)61)23-60(54(46)68)24-59-34-21-40-62-35-12-8-6-10-27(35)43-45-31(22-58-53(45)67)42-30-18-25(65)15-17-37(30)63(50(42)47(43)62)56(2,72-40)52(34)70-5/h6-19,33-34,39-40,51-52,57,59,65-66H,20-24H2,1-5H3,(H,58,67)/t33-,34-,39-,40-,51-,52-,55+,56+/m1/s1. The molecule has 4 bridgehead atoms. The monoisotopic (exact) mass is 962 g/mol. The Hall–Kier alpha value is -7.18. The van der Waals surface area contributed by atoms with E-state index >= 15 is 4.79 Å². The molecule has 5 N–H and O–H groups in total. The van der Waals surface area contributed by atoms with Gasteiger partial charge in [-0.25, -0.2) is 0 Å². The summed E-state index contributed by atoms with van der Waals surface area (Å²) < 4.78 is 36.8. The Balaban J connectivity index is 0.876. The average molecular weight is 963 g/mol. The van der Waals surface area contributed by atoms with Crippen LogP contribution in [0.1, 0.15) is 71.0 Å². The predicted octanol–water partition coefficient (Wildman–Crippen LogP) is 8.17. The molecular weight excluding hydrogens is 913 g/mol. The van der Waals surface area contributed by atoms with Crippen molar-refractivity contribution in [2.75, 3.05) is 27.9 Å². The van der Waals surface area contributed by atoms with Crippen LogP contribution in [0.25, 0.3) is 87.2 Å². The van der Waals surface area contributed by atoms with Gasteiger partial charge in [-0.15, -0.1) is 0 Å². The number of nitrogens with zero attached hydrogens (tertiary/aromatic N) is 5. The van der Waals surface area contributed by atoms with Gasteiger partial charge in [0.15, 0.2) is 11.4 Å². The topological polar surface area (TPSA) is 171 Å². The lowest BCUT2D eigenvalue weighted by molar-refractivity contribution is -0.257. The number of benzene rings is 6. The molecule has 0 saturated carbocycles. The summed E-state index contributed by atoms with van der Waals surface area (Å²) in [6.07, 6.45) is -0.776. The summed E-state index contributed by atoms with van der Waals surface area (Å²) in [4.78, 5) is 31.6. The van der Waals surface area contributed by atoms with E-state index in [9.17, 15) is 15.0 Å². The Kier molecular flexibility index (Phi) is 7.86. The summed E-state index contributed by atoms with van der Waals surface area (Å²) in [6.45, 7) is 5.06. The van der Waals surface area contributed by atoms with Crippen LogP contribution in [0.15, 0.2) is 84.9 Å². The molecule has 10 heterocycles. The van der Waals surface area contributed by atoms with Gasteiger partial charge in [-0.05, 0) is 74.5 Å². The van der Waals surface area contributed by atoms with E-state index in [0.717, 1.165) is 98.4 Å².